The van der Waals surface area contributed by atoms with Crippen molar-refractivity contribution in [3.63, 3.8) is 0 Å². The van der Waals surface area contributed by atoms with Crippen LogP contribution in [0.5, 0.6) is 0 Å². The van der Waals surface area contributed by atoms with Gasteiger partial charge in [-0.25, -0.2) is 9.78 Å². The minimum Gasteiger partial charge on any atom is -0.444 e. The molecule has 3 atom stereocenters. The molecular formula is C37H57N5O6S. The molecule has 0 saturated carbocycles. The van der Waals surface area contributed by atoms with Crippen LogP contribution in [0.2, 0.25) is 0 Å². The summed E-state index contributed by atoms with van der Waals surface area (Å²) in [7, 11) is 0. The number of aliphatic hydroxyl groups is 1. The zero-order chi connectivity index (χ0) is 36.2. The third-order valence-electron chi connectivity index (χ3n) is 8.46. The first-order valence-electron chi connectivity index (χ1n) is 17.6. The van der Waals surface area contributed by atoms with E-state index in [0.717, 1.165) is 66.6 Å². The Morgan fingerprint density at radius 2 is 1.59 bits per heavy atom. The lowest BCUT2D eigenvalue weighted by Gasteiger charge is -2.35. The molecule has 0 spiro atoms. The number of β-amino-alcohol motifs (C(OH)–C–C–N with tert-alkyl or cyclic N) is 1. The van der Waals surface area contributed by atoms with Crippen LogP contribution in [0.3, 0.4) is 0 Å². The second-order valence-corrected chi connectivity index (χ2v) is 16.0. The van der Waals surface area contributed by atoms with Crippen molar-refractivity contribution in [1.29, 1.82) is 0 Å². The SMILES string of the molecule is Cc1ncsc1-c1ccc(CNC(=O)C2CC(O)CN2C(=O)C(NC(=O)CCCCCCCCCNC(=O)OC(C)(C)C)C(C)(C)C)cc1. The summed E-state index contributed by atoms with van der Waals surface area (Å²) in [6.45, 7) is 14.1. The molecule has 1 aliphatic rings. The highest BCUT2D eigenvalue weighted by molar-refractivity contribution is 7.13. The molecule has 1 aromatic carbocycles. The molecular weight excluding hydrogens is 643 g/mol. The number of nitrogens with zero attached hydrogens (tertiary/aromatic N) is 2. The van der Waals surface area contributed by atoms with Crippen molar-refractivity contribution >= 4 is 35.2 Å². The third-order valence-corrected chi connectivity index (χ3v) is 9.44. The molecule has 0 radical (unpaired) electrons. The lowest BCUT2D eigenvalue weighted by atomic mass is 9.85. The zero-order valence-corrected chi connectivity index (χ0v) is 31.2. The van der Waals surface area contributed by atoms with E-state index in [1.807, 2.05) is 78.2 Å². The van der Waals surface area contributed by atoms with E-state index in [1.165, 1.54) is 4.90 Å². The molecule has 272 valence electrons. The topological polar surface area (TPSA) is 150 Å². The van der Waals surface area contributed by atoms with Gasteiger partial charge in [0.25, 0.3) is 0 Å². The molecule has 11 nitrogen and oxygen atoms in total. The minimum absolute atomic E-state index is 0.0410. The van der Waals surface area contributed by atoms with Gasteiger partial charge in [0, 0.05) is 32.5 Å². The summed E-state index contributed by atoms with van der Waals surface area (Å²) in [4.78, 5) is 58.7. The highest BCUT2D eigenvalue weighted by atomic mass is 32.1. The second kappa shape index (κ2) is 18.5. The maximum absolute atomic E-state index is 13.8. The maximum atomic E-state index is 13.8. The van der Waals surface area contributed by atoms with E-state index in [0.29, 0.717) is 19.5 Å². The first-order valence-corrected chi connectivity index (χ1v) is 18.4. The first-order chi connectivity index (χ1) is 23.0. The Hall–Kier alpha value is -3.51. The molecule has 1 aliphatic heterocycles. The van der Waals surface area contributed by atoms with Gasteiger partial charge >= 0.3 is 6.09 Å². The lowest BCUT2D eigenvalue weighted by molar-refractivity contribution is -0.144. The van der Waals surface area contributed by atoms with Crippen LogP contribution in [0.15, 0.2) is 29.8 Å². The molecule has 2 aromatic rings. The van der Waals surface area contributed by atoms with E-state index in [9.17, 15) is 24.3 Å². The van der Waals surface area contributed by atoms with Crippen LogP contribution in [0.1, 0.15) is 111 Å². The van der Waals surface area contributed by atoms with Crippen molar-refractivity contribution in [2.45, 2.75) is 137 Å². The fourth-order valence-electron chi connectivity index (χ4n) is 5.81. The summed E-state index contributed by atoms with van der Waals surface area (Å²) in [5, 5.41) is 19.1. The number of hydrogen-bond acceptors (Lipinski definition) is 8. The van der Waals surface area contributed by atoms with E-state index in [4.69, 9.17) is 4.74 Å². The Labute approximate surface area is 296 Å². The van der Waals surface area contributed by atoms with Gasteiger partial charge in [0.15, 0.2) is 0 Å². The number of thiazole rings is 1. The molecule has 1 fully saturated rings. The molecule has 0 bridgehead atoms. The molecule has 12 heteroatoms. The number of carbonyl (C=O) groups is 4. The summed E-state index contributed by atoms with van der Waals surface area (Å²) in [6, 6.07) is 6.27. The Morgan fingerprint density at radius 1 is 0.959 bits per heavy atom. The second-order valence-electron chi connectivity index (χ2n) is 15.1. The van der Waals surface area contributed by atoms with Gasteiger partial charge in [-0.3, -0.25) is 14.4 Å². The van der Waals surface area contributed by atoms with Crippen molar-refractivity contribution in [2.75, 3.05) is 13.1 Å². The van der Waals surface area contributed by atoms with Gasteiger partial charge in [-0.05, 0) is 57.1 Å². The van der Waals surface area contributed by atoms with Crippen LogP contribution in [-0.4, -0.2) is 75.7 Å². The number of aliphatic hydroxyl groups excluding tert-OH is 1. The molecule has 49 heavy (non-hydrogen) atoms. The third kappa shape index (κ3) is 13.4. The predicted molar refractivity (Wildman–Crippen MR) is 193 cm³/mol. The largest absolute Gasteiger partial charge is 0.444 e. The molecule has 3 rings (SSSR count). The number of nitrogens with one attached hydrogen (secondary N) is 3. The average Bonchev–Trinajstić information content (AvgIpc) is 3.63. The average molecular weight is 700 g/mol. The number of aryl methyl sites for hydroxylation is 1. The zero-order valence-electron chi connectivity index (χ0n) is 30.4. The number of likely N-dealkylation sites (tertiary alicyclic amines) is 1. The number of hydrogen-bond donors (Lipinski definition) is 4. The highest BCUT2D eigenvalue weighted by Crippen LogP contribution is 2.28. The van der Waals surface area contributed by atoms with Crippen LogP contribution in [0.4, 0.5) is 4.79 Å². The van der Waals surface area contributed by atoms with Crippen LogP contribution in [0, 0.1) is 12.3 Å². The monoisotopic (exact) mass is 699 g/mol. The van der Waals surface area contributed by atoms with Gasteiger partial charge in [-0.2, -0.15) is 0 Å². The minimum atomic E-state index is -0.836. The maximum Gasteiger partial charge on any atom is 0.407 e. The van der Waals surface area contributed by atoms with Crippen molar-refractivity contribution in [1.82, 2.24) is 25.8 Å². The number of amides is 4. The highest BCUT2D eigenvalue weighted by Gasteiger charge is 2.44. The number of unbranched alkanes of at least 4 members (excludes halogenated alkanes) is 6. The van der Waals surface area contributed by atoms with E-state index in [-0.39, 0.29) is 36.8 Å². The summed E-state index contributed by atoms with van der Waals surface area (Å²) in [5.41, 5.74) is 3.69. The quantitative estimate of drug-likeness (QED) is 0.160. The van der Waals surface area contributed by atoms with Crippen molar-refractivity contribution in [3.8, 4) is 10.4 Å². The van der Waals surface area contributed by atoms with Crippen LogP contribution < -0.4 is 16.0 Å². The van der Waals surface area contributed by atoms with Crippen LogP contribution in [0.25, 0.3) is 10.4 Å². The number of alkyl carbamates (subject to hydrolysis) is 1. The Kier molecular flexibility index (Phi) is 15.1. The van der Waals surface area contributed by atoms with Gasteiger partial charge in [-0.15, -0.1) is 11.3 Å². The van der Waals surface area contributed by atoms with E-state index >= 15 is 0 Å². The fourth-order valence-corrected chi connectivity index (χ4v) is 6.62. The molecule has 4 amide bonds. The van der Waals surface area contributed by atoms with Crippen molar-refractivity contribution in [3.05, 3.63) is 41.0 Å². The molecule has 1 saturated heterocycles. The Bertz CT molecular complexity index is 1380. The van der Waals surface area contributed by atoms with Crippen LogP contribution >= 0.6 is 11.3 Å². The normalized spacial score (nSPS) is 17.0. The molecule has 0 aliphatic carbocycles. The Balaban J connectivity index is 1.41. The number of aromatic nitrogens is 1. The molecule has 3 unspecified atom stereocenters. The molecule has 1 aromatic heterocycles. The smallest absolute Gasteiger partial charge is 0.407 e. The van der Waals surface area contributed by atoms with Crippen molar-refractivity contribution in [2.24, 2.45) is 5.41 Å². The Morgan fingerprint density at radius 3 is 2.18 bits per heavy atom. The van der Waals surface area contributed by atoms with E-state index in [2.05, 4.69) is 20.9 Å². The van der Waals surface area contributed by atoms with Gasteiger partial charge in [0.1, 0.15) is 17.7 Å². The molecule has 4 N–H and O–H groups in total. The lowest BCUT2D eigenvalue weighted by Crippen LogP contribution is -2.57. The van der Waals surface area contributed by atoms with Gasteiger partial charge in [0.2, 0.25) is 17.7 Å². The van der Waals surface area contributed by atoms with Crippen molar-refractivity contribution < 1.29 is 29.0 Å². The standard InChI is InChI=1S/C37H57N5O6S/c1-25-31(49-24-40-25)27-18-16-26(17-19-27)22-39-33(45)29-21-28(43)23-42(29)34(46)32(36(2,3)4)41-30(44)15-13-11-9-8-10-12-14-20-38-35(47)48-37(5,6)7/h16-19,24,28-29,32,43H,8-15,20-23H2,1-7H3,(H,38,47)(H,39,45)(H,41,44). The summed E-state index contributed by atoms with van der Waals surface area (Å²) in [6.07, 6.45) is 5.89. The van der Waals surface area contributed by atoms with Gasteiger partial charge < -0.3 is 30.7 Å². The molecule has 2 heterocycles. The van der Waals surface area contributed by atoms with E-state index < -0.39 is 29.2 Å². The number of rotatable bonds is 16. The summed E-state index contributed by atoms with van der Waals surface area (Å²) < 4.78 is 5.23. The van der Waals surface area contributed by atoms with Gasteiger partial charge in [-0.1, -0.05) is 77.1 Å². The number of benzene rings is 1. The first kappa shape index (κ1) is 39.9. The van der Waals surface area contributed by atoms with Crippen LogP contribution in [-0.2, 0) is 25.7 Å². The fraction of sp³-hybridized carbons (Fsp3) is 0.649. The summed E-state index contributed by atoms with van der Waals surface area (Å²) in [5.74, 6) is -0.882. The number of ether oxygens (including phenoxy) is 1. The predicted octanol–water partition coefficient (Wildman–Crippen LogP) is 5.87. The van der Waals surface area contributed by atoms with E-state index in [1.54, 1.807) is 11.3 Å². The number of carbonyl (C=O) groups excluding carboxylic acids is 4. The summed E-state index contributed by atoms with van der Waals surface area (Å²) >= 11 is 1.58. The van der Waals surface area contributed by atoms with Gasteiger partial charge in [0.05, 0.1) is 22.2 Å².